The second-order valence-electron chi connectivity index (χ2n) is 5.87. The Kier molecular flexibility index (Phi) is 4.37. The third-order valence-corrected chi connectivity index (χ3v) is 4.55. The van der Waals surface area contributed by atoms with Gasteiger partial charge in [0.25, 0.3) is 0 Å². The molecule has 0 aliphatic carbocycles. The normalized spacial score (nSPS) is 21.5. The molecule has 5 nitrogen and oxygen atoms in total. The average molecular weight is 351 g/mol. The second-order valence-corrected chi connectivity index (χ2v) is 6.27. The molecule has 2 saturated heterocycles. The van der Waals surface area contributed by atoms with E-state index in [2.05, 4.69) is 5.92 Å². The highest BCUT2D eigenvalue weighted by atomic mass is 35.5. The van der Waals surface area contributed by atoms with Crippen LogP contribution in [0.25, 0.3) is 0 Å². The lowest BCUT2D eigenvalue weighted by atomic mass is 10.1. The van der Waals surface area contributed by atoms with Gasteiger partial charge < -0.3 is 9.64 Å². The predicted octanol–water partition coefficient (Wildman–Crippen LogP) is 3.20. The molecule has 0 bridgehead atoms. The van der Waals surface area contributed by atoms with Crippen LogP contribution in [0.15, 0.2) is 12.1 Å². The summed E-state index contributed by atoms with van der Waals surface area (Å²) in [5.74, 6) is 1.31. The minimum absolute atomic E-state index is 0.0225. The van der Waals surface area contributed by atoms with E-state index in [1.165, 1.54) is 6.07 Å². The van der Waals surface area contributed by atoms with Crippen molar-refractivity contribution in [3.05, 3.63) is 23.0 Å². The number of nitrogens with zero attached hydrogens (tertiary/aromatic N) is 2. The summed E-state index contributed by atoms with van der Waals surface area (Å²) < 4.78 is 19.8. The Morgan fingerprint density at radius 1 is 1.46 bits per heavy atom. The SMILES string of the molecule is C#CC(C)Oc1cc(N2C(=O)CC3CCCN3C2=O)c(F)cc1Cl. The van der Waals surface area contributed by atoms with Gasteiger partial charge >= 0.3 is 6.03 Å². The molecule has 3 rings (SSSR count). The molecule has 126 valence electrons. The van der Waals surface area contributed by atoms with E-state index in [4.69, 9.17) is 22.8 Å². The fraction of sp³-hybridized carbons (Fsp3) is 0.412. The molecule has 0 spiro atoms. The lowest BCUT2D eigenvalue weighted by Crippen LogP contribution is -2.55. The number of anilines is 1. The van der Waals surface area contributed by atoms with Crippen LogP contribution < -0.4 is 9.64 Å². The molecule has 0 aromatic heterocycles. The first-order chi connectivity index (χ1) is 11.4. The number of terminal acetylenes is 1. The summed E-state index contributed by atoms with van der Waals surface area (Å²) in [6.45, 7) is 2.20. The third kappa shape index (κ3) is 2.80. The molecule has 24 heavy (non-hydrogen) atoms. The number of carbonyl (C=O) groups excluding carboxylic acids is 2. The molecule has 1 aromatic carbocycles. The number of imide groups is 1. The van der Waals surface area contributed by atoms with Gasteiger partial charge in [-0.25, -0.2) is 14.1 Å². The number of hydrogen-bond acceptors (Lipinski definition) is 3. The van der Waals surface area contributed by atoms with Crippen molar-refractivity contribution in [1.29, 1.82) is 0 Å². The maximum atomic E-state index is 14.4. The number of carbonyl (C=O) groups is 2. The number of rotatable bonds is 3. The van der Waals surface area contributed by atoms with E-state index in [0.717, 1.165) is 23.8 Å². The van der Waals surface area contributed by atoms with Crippen LogP contribution in [-0.2, 0) is 4.79 Å². The average Bonchev–Trinajstić information content (AvgIpc) is 2.99. The van der Waals surface area contributed by atoms with Gasteiger partial charge in [-0.1, -0.05) is 17.5 Å². The molecule has 7 heteroatoms. The van der Waals surface area contributed by atoms with Crippen molar-refractivity contribution < 1.29 is 18.7 Å². The van der Waals surface area contributed by atoms with Crippen LogP contribution in [0.5, 0.6) is 5.75 Å². The van der Waals surface area contributed by atoms with Gasteiger partial charge in [0.05, 0.1) is 10.7 Å². The van der Waals surface area contributed by atoms with Gasteiger partial charge in [-0.15, -0.1) is 6.42 Å². The van der Waals surface area contributed by atoms with Crippen molar-refractivity contribution >= 4 is 29.2 Å². The highest BCUT2D eigenvalue weighted by Crippen LogP contribution is 2.36. The fourth-order valence-electron chi connectivity index (χ4n) is 3.07. The Bertz CT molecular complexity index is 746. The van der Waals surface area contributed by atoms with Crippen molar-refractivity contribution in [2.45, 2.75) is 38.3 Å². The molecule has 2 aliphatic heterocycles. The van der Waals surface area contributed by atoms with Crippen LogP contribution in [0.2, 0.25) is 5.02 Å². The number of amides is 3. The number of halogens is 2. The summed E-state index contributed by atoms with van der Waals surface area (Å²) in [4.78, 5) is 27.5. The van der Waals surface area contributed by atoms with Crippen LogP contribution >= 0.6 is 11.6 Å². The van der Waals surface area contributed by atoms with Crippen molar-refractivity contribution in [1.82, 2.24) is 4.90 Å². The lowest BCUT2D eigenvalue weighted by Gasteiger charge is -2.36. The van der Waals surface area contributed by atoms with Gasteiger partial charge in [0, 0.05) is 25.1 Å². The first-order valence-electron chi connectivity index (χ1n) is 7.67. The summed E-state index contributed by atoms with van der Waals surface area (Å²) in [6, 6.07) is 1.67. The predicted molar refractivity (Wildman–Crippen MR) is 87.6 cm³/mol. The van der Waals surface area contributed by atoms with Crippen LogP contribution in [0.3, 0.4) is 0 Å². The molecule has 3 amide bonds. The first kappa shape index (κ1) is 16.6. The highest BCUT2D eigenvalue weighted by Gasteiger charge is 2.42. The lowest BCUT2D eigenvalue weighted by molar-refractivity contribution is -0.120. The molecule has 0 radical (unpaired) electrons. The summed E-state index contributed by atoms with van der Waals surface area (Å²) >= 11 is 5.97. The topological polar surface area (TPSA) is 49.9 Å². The fourth-order valence-corrected chi connectivity index (χ4v) is 3.26. The van der Waals surface area contributed by atoms with E-state index in [9.17, 15) is 14.0 Å². The number of urea groups is 1. The van der Waals surface area contributed by atoms with Crippen LogP contribution in [0.4, 0.5) is 14.9 Å². The van der Waals surface area contributed by atoms with Gasteiger partial charge in [-0.2, -0.15) is 0 Å². The maximum absolute atomic E-state index is 14.4. The minimum atomic E-state index is -0.764. The standard InChI is InChI=1S/C17H16ClFN2O3/c1-3-10(2)24-15-9-14(13(19)8-12(15)18)21-16(22)7-11-5-4-6-20(11)17(21)23/h1,8-11H,4-7H2,2H3. The first-order valence-corrected chi connectivity index (χ1v) is 8.05. The summed E-state index contributed by atoms with van der Waals surface area (Å²) in [6.07, 6.45) is 6.50. The van der Waals surface area contributed by atoms with Crippen molar-refractivity contribution in [3.63, 3.8) is 0 Å². The van der Waals surface area contributed by atoms with Gasteiger partial charge in [-0.05, 0) is 25.8 Å². The molecule has 2 atom stereocenters. The zero-order valence-electron chi connectivity index (χ0n) is 13.1. The maximum Gasteiger partial charge on any atom is 0.331 e. The number of fused-ring (bicyclic) bond motifs is 1. The largest absolute Gasteiger partial charge is 0.476 e. The molecule has 2 heterocycles. The van der Waals surface area contributed by atoms with E-state index >= 15 is 0 Å². The zero-order valence-corrected chi connectivity index (χ0v) is 13.8. The Balaban J connectivity index is 1.98. The monoisotopic (exact) mass is 350 g/mol. The molecule has 1 aromatic rings. The van der Waals surface area contributed by atoms with Crippen LogP contribution in [-0.4, -0.2) is 35.5 Å². The van der Waals surface area contributed by atoms with E-state index in [-0.39, 0.29) is 28.9 Å². The van der Waals surface area contributed by atoms with E-state index in [1.807, 2.05) is 0 Å². The molecule has 2 unspecified atom stereocenters. The summed E-state index contributed by atoms with van der Waals surface area (Å²) in [5, 5.41) is 0.0225. The molecule has 2 aliphatic rings. The molecular formula is C17H16ClFN2O3. The quantitative estimate of drug-likeness (QED) is 0.787. The number of benzene rings is 1. The number of hydrogen-bond donors (Lipinski definition) is 0. The molecular weight excluding hydrogens is 335 g/mol. The van der Waals surface area contributed by atoms with Gasteiger partial charge in [0.1, 0.15) is 11.6 Å². The van der Waals surface area contributed by atoms with Crippen LogP contribution in [0, 0.1) is 18.2 Å². The Morgan fingerprint density at radius 2 is 2.21 bits per heavy atom. The van der Waals surface area contributed by atoms with Crippen LogP contribution in [0.1, 0.15) is 26.2 Å². The van der Waals surface area contributed by atoms with Crippen molar-refractivity contribution in [3.8, 4) is 18.1 Å². The van der Waals surface area contributed by atoms with Crippen molar-refractivity contribution in [2.75, 3.05) is 11.4 Å². The summed E-state index contributed by atoms with van der Waals surface area (Å²) in [7, 11) is 0. The number of ether oxygens (including phenoxy) is 1. The Hall–Kier alpha value is -2.26. The van der Waals surface area contributed by atoms with E-state index in [1.54, 1.807) is 11.8 Å². The molecule has 0 saturated carbocycles. The highest BCUT2D eigenvalue weighted by molar-refractivity contribution is 6.32. The van der Waals surface area contributed by atoms with E-state index in [0.29, 0.717) is 6.54 Å². The van der Waals surface area contributed by atoms with Crippen molar-refractivity contribution in [2.24, 2.45) is 0 Å². The van der Waals surface area contributed by atoms with Gasteiger partial charge in [0.15, 0.2) is 6.10 Å². The smallest absolute Gasteiger partial charge is 0.331 e. The Morgan fingerprint density at radius 3 is 2.92 bits per heavy atom. The second kappa shape index (κ2) is 6.33. The molecule has 2 fully saturated rings. The van der Waals surface area contributed by atoms with Gasteiger partial charge in [-0.3, -0.25) is 4.79 Å². The minimum Gasteiger partial charge on any atom is -0.476 e. The Labute approximate surface area is 144 Å². The molecule has 0 N–H and O–H groups in total. The van der Waals surface area contributed by atoms with Gasteiger partial charge in [0.2, 0.25) is 5.91 Å². The third-order valence-electron chi connectivity index (χ3n) is 4.25. The van der Waals surface area contributed by atoms with E-state index < -0.39 is 23.9 Å². The zero-order chi connectivity index (χ0) is 17.4. The summed E-state index contributed by atoms with van der Waals surface area (Å²) in [5.41, 5.74) is -0.168.